The van der Waals surface area contributed by atoms with Gasteiger partial charge in [0.2, 0.25) is 0 Å². The first kappa shape index (κ1) is 15.7. The molecule has 96 valence electrons. The van der Waals surface area contributed by atoms with Gasteiger partial charge in [-0.2, -0.15) is 0 Å². The Morgan fingerprint density at radius 3 is 2.65 bits per heavy atom. The summed E-state index contributed by atoms with van der Waals surface area (Å²) in [6.45, 7) is 0.631. The van der Waals surface area contributed by atoms with Crippen molar-refractivity contribution >= 4 is 18.3 Å². The molecule has 0 fully saturated rings. The molecule has 1 aromatic carbocycles. The van der Waals surface area contributed by atoms with Crippen LogP contribution in [0.4, 0.5) is 4.39 Å². The van der Waals surface area contributed by atoms with Crippen molar-refractivity contribution in [2.45, 2.75) is 0 Å². The van der Waals surface area contributed by atoms with Crippen LogP contribution < -0.4 is 10.5 Å². The van der Waals surface area contributed by atoms with Crippen molar-refractivity contribution in [2.75, 3.05) is 27.2 Å². The number of ether oxygens (including phenoxy) is 1. The molecule has 0 saturated carbocycles. The van der Waals surface area contributed by atoms with Gasteiger partial charge in [0.25, 0.3) is 5.91 Å². The van der Waals surface area contributed by atoms with E-state index < -0.39 is 5.82 Å². The third-order valence-corrected chi connectivity index (χ3v) is 1.95. The number of carbonyl (C=O) groups is 1. The van der Waals surface area contributed by atoms with Crippen LogP contribution in [0.1, 0.15) is 10.4 Å². The summed E-state index contributed by atoms with van der Waals surface area (Å²) in [7, 11) is 3.19. The molecule has 0 saturated heterocycles. The molecule has 0 unspecified atom stereocenters. The van der Waals surface area contributed by atoms with Crippen molar-refractivity contribution in [3.8, 4) is 5.75 Å². The van der Waals surface area contributed by atoms with Gasteiger partial charge in [-0.15, -0.1) is 12.4 Å². The zero-order valence-corrected chi connectivity index (χ0v) is 10.6. The molecule has 0 aliphatic carbocycles. The molecular formula is C11H16ClFN2O2. The average molecular weight is 263 g/mol. The molecule has 1 aromatic rings. The third kappa shape index (κ3) is 4.20. The predicted octanol–water partition coefficient (Wildman–Crippen LogP) is 1.29. The van der Waals surface area contributed by atoms with E-state index in [4.69, 9.17) is 10.5 Å². The molecule has 0 spiro atoms. The fraction of sp³-hybridized carbons (Fsp3) is 0.364. The Bertz CT molecular complexity index is 386. The predicted molar refractivity (Wildman–Crippen MR) is 66.2 cm³/mol. The Hall–Kier alpha value is -1.33. The lowest BCUT2D eigenvalue weighted by molar-refractivity contribution is 0.0823. The fourth-order valence-electron chi connectivity index (χ4n) is 1.20. The van der Waals surface area contributed by atoms with Crippen molar-refractivity contribution in [3.05, 3.63) is 29.6 Å². The number of amides is 1. The van der Waals surface area contributed by atoms with Gasteiger partial charge in [0.15, 0.2) is 0 Å². The van der Waals surface area contributed by atoms with E-state index in [9.17, 15) is 9.18 Å². The zero-order chi connectivity index (χ0) is 12.1. The van der Waals surface area contributed by atoms with Crippen LogP contribution in [0.2, 0.25) is 0 Å². The summed E-state index contributed by atoms with van der Waals surface area (Å²) in [6.07, 6.45) is 0. The summed E-state index contributed by atoms with van der Waals surface area (Å²) >= 11 is 0. The van der Waals surface area contributed by atoms with E-state index >= 15 is 0 Å². The molecule has 0 radical (unpaired) electrons. The molecule has 17 heavy (non-hydrogen) atoms. The monoisotopic (exact) mass is 262 g/mol. The first-order chi connectivity index (χ1) is 7.56. The highest BCUT2D eigenvalue weighted by molar-refractivity contribution is 5.96. The van der Waals surface area contributed by atoms with E-state index in [1.54, 1.807) is 14.1 Å². The minimum atomic E-state index is -0.467. The quantitative estimate of drug-likeness (QED) is 0.890. The van der Waals surface area contributed by atoms with Crippen molar-refractivity contribution < 1.29 is 13.9 Å². The normalized spacial score (nSPS) is 9.41. The number of halogens is 2. The summed E-state index contributed by atoms with van der Waals surface area (Å²) in [4.78, 5) is 13.1. The van der Waals surface area contributed by atoms with Crippen LogP contribution in [-0.4, -0.2) is 38.1 Å². The highest BCUT2D eigenvalue weighted by Crippen LogP contribution is 2.20. The molecule has 0 atom stereocenters. The van der Waals surface area contributed by atoms with Gasteiger partial charge < -0.3 is 15.4 Å². The molecule has 1 amide bonds. The van der Waals surface area contributed by atoms with E-state index in [0.29, 0.717) is 18.9 Å². The van der Waals surface area contributed by atoms with Gasteiger partial charge in [0.1, 0.15) is 18.2 Å². The lowest BCUT2D eigenvalue weighted by Gasteiger charge is -2.14. The van der Waals surface area contributed by atoms with Crippen LogP contribution in [0, 0.1) is 5.82 Å². The van der Waals surface area contributed by atoms with Gasteiger partial charge in [0.05, 0.1) is 5.56 Å². The summed E-state index contributed by atoms with van der Waals surface area (Å²) < 4.78 is 18.3. The summed E-state index contributed by atoms with van der Waals surface area (Å²) in [5, 5.41) is 0. The SMILES string of the molecule is CN(C)C(=O)c1cc(F)ccc1OCCN.Cl. The summed E-state index contributed by atoms with van der Waals surface area (Å²) in [5.74, 6) is -0.414. The van der Waals surface area contributed by atoms with Gasteiger partial charge in [0, 0.05) is 20.6 Å². The molecule has 1 rings (SSSR count). The van der Waals surface area contributed by atoms with Crippen molar-refractivity contribution in [2.24, 2.45) is 5.73 Å². The van der Waals surface area contributed by atoms with Gasteiger partial charge in [-0.1, -0.05) is 0 Å². The highest BCUT2D eigenvalue weighted by atomic mass is 35.5. The molecule has 0 bridgehead atoms. The number of hydrogen-bond donors (Lipinski definition) is 1. The van der Waals surface area contributed by atoms with Crippen LogP contribution in [-0.2, 0) is 0 Å². The second-order valence-corrected chi connectivity index (χ2v) is 3.48. The number of nitrogens with zero attached hydrogens (tertiary/aromatic N) is 1. The Morgan fingerprint density at radius 1 is 1.47 bits per heavy atom. The van der Waals surface area contributed by atoms with Crippen LogP contribution >= 0.6 is 12.4 Å². The van der Waals surface area contributed by atoms with E-state index in [2.05, 4.69) is 0 Å². The first-order valence-corrected chi connectivity index (χ1v) is 4.90. The van der Waals surface area contributed by atoms with Gasteiger partial charge in [-0.3, -0.25) is 4.79 Å². The minimum absolute atomic E-state index is 0. The van der Waals surface area contributed by atoms with Gasteiger partial charge in [-0.05, 0) is 18.2 Å². The van der Waals surface area contributed by atoms with E-state index in [-0.39, 0.29) is 23.9 Å². The van der Waals surface area contributed by atoms with E-state index in [0.717, 1.165) is 6.07 Å². The number of rotatable bonds is 4. The zero-order valence-electron chi connectivity index (χ0n) is 9.77. The summed E-state index contributed by atoms with van der Waals surface area (Å²) in [6, 6.07) is 3.84. The Labute approximate surface area is 106 Å². The maximum atomic E-state index is 13.0. The van der Waals surface area contributed by atoms with Crippen LogP contribution in [0.15, 0.2) is 18.2 Å². The molecule has 0 aliphatic heterocycles. The fourth-order valence-corrected chi connectivity index (χ4v) is 1.20. The largest absolute Gasteiger partial charge is 0.491 e. The Kier molecular flexibility index (Phi) is 6.53. The molecule has 0 aliphatic rings. The average Bonchev–Trinajstić information content (AvgIpc) is 2.26. The topological polar surface area (TPSA) is 55.6 Å². The number of hydrogen-bond acceptors (Lipinski definition) is 3. The van der Waals surface area contributed by atoms with Crippen molar-refractivity contribution in [1.82, 2.24) is 4.90 Å². The Morgan fingerprint density at radius 2 is 2.12 bits per heavy atom. The van der Waals surface area contributed by atoms with Crippen molar-refractivity contribution in [1.29, 1.82) is 0 Å². The first-order valence-electron chi connectivity index (χ1n) is 4.90. The number of benzene rings is 1. The van der Waals surface area contributed by atoms with Crippen LogP contribution in [0.3, 0.4) is 0 Å². The van der Waals surface area contributed by atoms with Gasteiger partial charge in [-0.25, -0.2) is 4.39 Å². The van der Waals surface area contributed by atoms with Crippen molar-refractivity contribution in [3.63, 3.8) is 0 Å². The molecule has 0 heterocycles. The van der Waals surface area contributed by atoms with Crippen LogP contribution in [0.5, 0.6) is 5.75 Å². The lowest BCUT2D eigenvalue weighted by Crippen LogP contribution is -2.23. The van der Waals surface area contributed by atoms with E-state index in [1.807, 2.05) is 0 Å². The molecule has 4 nitrogen and oxygen atoms in total. The molecular weight excluding hydrogens is 247 g/mol. The molecule has 6 heteroatoms. The highest BCUT2D eigenvalue weighted by Gasteiger charge is 2.15. The smallest absolute Gasteiger partial charge is 0.257 e. The summed E-state index contributed by atoms with van der Waals surface area (Å²) in [5.41, 5.74) is 5.50. The second-order valence-electron chi connectivity index (χ2n) is 3.48. The molecule has 0 aromatic heterocycles. The standard InChI is InChI=1S/C11H15FN2O2.ClH/c1-14(2)11(15)9-7-8(12)3-4-10(9)16-6-5-13;/h3-4,7H,5-6,13H2,1-2H3;1H. The Balaban J connectivity index is 0.00000256. The molecule has 2 N–H and O–H groups in total. The maximum absolute atomic E-state index is 13.0. The minimum Gasteiger partial charge on any atom is -0.491 e. The number of carbonyl (C=O) groups excluding carboxylic acids is 1. The number of nitrogens with two attached hydrogens (primary N) is 1. The maximum Gasteiger partial charge on any atom is 0.257 e. The third-order valence-electron chi connectivity index (χ3n) is 1.95. The lowest BCUT2D eigenvalue weighted by atomic mass is 10.1. The van der Waals surface area contributed by atoms with Crippen LogP contribution in [0.25, 0.3) is 0 Å². The van der Waals surface area contributed by atoms with Gasteiger partial charge >= 0.3 is 0 Å². The second kappa shape index (κ2) is 7.09. The van der Waals surface area contributed by atoms with E-state index in [1.165, 1.54) is 17.0 Å².